The number of hydrogen-bond acceptors (Lipinski definition) is 2. The molecule has 0 spiro atoms. The highest BCUT2D eigenvalue weighted by atomic mass is 32.1. The van der Waals surface area contributed by atoms with E-state index < -0.39 is 11.6 Å². The minimum Gasteiger partial charge on any atom is -0.389 e. The maximum Gasteiger partial charge on any atom is 0.129 e. The fraction of sp³-hybridized carbons (Fsp3) is 0.111. The minimum absolute atomic E-state index is 0.286. The molecule has 3 aromatic rings. The highest BCUT2D eigenvalue weighted by Gasteiger charge is 2.10. The Balaban J connectivity index is 1.83. The van der Waals surface area contributed by atoms with Gasteiger partial charge in [-0.05, 0) is 23.3 Å². The lowest BCUT2D eigenvalue weighted by Crippen LogP contribution is -2.11. The van der Waals surface area contributed by atoms with Crippen molar-refractivity contribution in [2.24, 2.45) is 5.73 Å². The summed E-state index contributed by atoms with van der Waals surface area (Å²) in [5, 5.41) is 0. The van der Waals surface area contributed by atoms with Crippen LogP contribution in [-0.4, -0.2) is 14.5 Å². The summed E-state index contributed by atoms with van der Waals surface area (Å²) in [6.45, 7) is 0.564. The van der Waals surface area contributed by atoms with E-state index in [-0.39, 0.29) is 6.42 Å². The van der Waals surface area contributed by atoms with Crippen LogP contribution >= 0.6 is 12.2 Å². The van der Waals surface area contributed by atoms with E-state index in [0.29, 0.717) is 22.9 Å². The standard InChI is InChI=1S/C18H15F2N3S/c19-15-5-4-13(16(20)10-15)9-17-22-6-7-23(17)11-12-2-1-3-14(8-12)18(21)24/h1-8,10H,9,11H2,(H2,21,24). The quantitative estimate of drug-likeness (QED) is 0.722. The SMILES string of the molecule is NC(=S)c1cccc(Cn2ccnc2Cc2ccc(F)cc2F)c1. The lowest BCUT2D eigenvalue weighted by molar-refractivity contribution is 0.572. The Bertz CT molecular complexity index is 889. The molecule has 0 aliphatic rings. The van der Waals surface area contributed by atoms with E-state index in [4.69, 9.17) is 18.0 Å². The number of imidazole rings is 1. The Morgan fingerprint density at radius 3 is 2.75 bits per heavy atom. The van der Waals surface area contributed by atoms with Crippen LogP contribution in [-0.2, 0) is 13.0 Å². The summed E-state index contributed by atoms with van der Waals surface area (Å²) in [7, 11) is 0. The molecule has 122 valence electrons. The van der Waals surface area contributed by atoms with E-state index in [1.165, 1.54) is 12.1 Å². The van der Waals surface area contributed by atoms with E-state index in [2.05, 4.69) is 4.98 Å². The number of rotatable bonds is 5. The molecule has 3 rings (SSSR count). The zero-order valence-electron chi connectivity index (χ0n) is 12.7. The van der Waals surface area contributed by atoms with Crippen molar-refractivity contribution in [1.29, 1.82) is 0 Å². The number of benzene rings is 2. The molecule has 0 unspecified atom stereocenters. The van der Waals surface area contributed by atoms with Crippen molar-refractivity contribution in [2.75, 3.05) is 0 Å². The molecule has 0 radical (unpaired) electrons. The van der Waals surface area contributed by atoms with Gasteiger partial charge in [0.15, 0.2) is 0 Å². The summed E-state index contributed by atoms with van der Waals surface area (Å²) in [6, 6.07) is 11.2. The third-order valence-corrected chi connectivity index (χ3v) is 3.97. The summed E-state index contributed by atoms with van der Waals surface area (Å²) >= 11 is 4.99. The van der Waals surface area contributed by atoms with Gasteiger partial charge in [-0.1, -0.05) is 36.5 Å². The number of nitrogens with zero attached hydrogens (tertiary/aromatic N) is 2. The van der Waals surface area contributed by atoms with Crippen LogP contribution < -0.4 is 5.73 Å². The van der Waals surface area contributed by atoms with Crippen LogP contribution in [0.15, 0.2) is 54.9 Å². The maximum atomic E-state index is 13.8. The molecule has 3 nitrogen and oxygen atoms in total. The van der Waals surface area contributed by atoms with Crippen LogP contribution in [0.4, 0.5) is 8.78 Å². The summed E-state index contributed by atoms with van der Waals surface area (Å²) < 4.78 is 28.8. The first-order chi connectivity index (χ1) is 11.5. The second-order valence-corrected chi connectivity index (χ2v) is 5.89. The van der Waals surface area contributed by atoms with Gasteiger partial charge in [0.25, 0.3) is 0 Å². The van der Waals surface area contributed by atoms with E-state index in [9.17, 15) is 8.78 Å². The zero-order valence-corrected chi connectivity index (χ0v) is 13.6. The third-order valence-electron chi connectivity index (χ3n) is 3.73. The van der Waals surface area contributed by atoms with Gasteiger partial charge >= 0.3 is 0 Å². The van der Waals surface area contributed by atoms with Gasteiger partial charge in [0.2, 0.25) is 0 Å². The molecule has 1 aromatic heterocycles. The van der Waals surface area contributed by atoms with Crippen LogP contribution in [0.2, 0.25) is 0 Å². The van der Waals surface area contributed by atoms with Crippen LogP contribution in [0.3, 0.4) is 0 Å². The van der Waals surface area contributed by atoms with Crippen molar-refractivity contribution in [3.05, 3.63) is 89.0 Å². The predicted molar refractivity (Wildman–Crippen MR) is 92.8 cm³/mol. The minimum atomic E-state index is -0.589. The predicted octanol–water partition coefficient (Wildman–Crippen LogP) is 3.43. The smallest absolute Gasteiger partial charge is 0.129 e. The topological polar surface area (TPSA) is 43.8 Å². The van der Waals surface area contributed by atoms with Gasteiger partial charge in [-0.15, -0.1) is 0 Å². The van der Waals surface area contributed by atoms with Gasteiger partial charge in [-0.3, -0.25) is 0 Å². The van der Waals surface area contributed by atoms with Crippen LogP contribution in [0.25, 0.3) is 0 Å². The first-order valence-corrected chi connectivity index (χ1v) is 7.76. The fourth-order valence-electron chi connectivity index (χ4n) is 2.51. The molecule has 0 atom stereocenters. The second-order valence-electron chi connectivity index (χ2n) is 5.45. The molecule has 0 aliphatic carbocycles. The first kappa shape index (κ1) is 16.3. The van der Waals surface area contributed by atoms with Crippen molar-refractivity contribution in [1.82, 2.24) is 9.55 Å². The summed E-state index contributed by atoms with van der Waals surface area (Å²) in [5.74, 6) is -0.463. The molecule has 0 bridgehead atoms. The Kier molecular flexibility index (Phi) is 4.66. The highest BCUT2D eigenvalue weighted by molar-refractivity contribution is 7.80. The van der Waals surface area contributed by atoms with Crippen molar-refractivity contribution >= 4 is 17.2 Å². The first-order valence-electron chi connectivity index (χ1n) is 7.35. The van der Waals surface area contributed by atoms with Crippen molar-refractivity contribution < 1.29 is 8.78 Å². The Labute approximate surface area is 143 Å². The Morgan fingerprint density at radius 2 is 2.00 bits per heavy atom. The molecule has 6 heteroatoms. The lowest BCUT2D eigenvalue weighted by atomic mass is 10.1. The number of thiocarbonyl (C=S) groups is 1. The number of aromatic nitrogens is 2. The lowest BCUT2D eigenvalue weighted by Gasteiger charge is -2.10. The zero-order chi connectivity index (χ0) is 17.1. The van der Waals surface area contributed by atoms with Gasteiger partial charge in [0, 0.05) is 37.0 Å². The molecule has 0 aliphatic heterocycles. The molecule has 0 amide bonds. The van der Waals surface area contributed by atoms with Gasteiger partial charge in [0.1, 0.15) is 22.4 Å². The van der Waals surface area contributed by atoms with E-state index in [0.717, 1.165) is 17.2 Å². The van der Waals surface area contributed by atoms with Gasteiger partial charge in [0.05, 0.1) is 0 Å². The van der Waals surface area contributed by atoms with Crippen molar-refractivity contribution in [2.45, 2.75) is 13.0 Å². The molecular weight excluding hydrogens is 328 g/mol. The van der Waals surface area contributed by atoms with Crippen LogP contribution in [0.5, 0.6) is 0 Å². The molecule has 0 fully saturated rings. The Morgan fingerprint density at radius 1 is 1.17 bits per heavy atom. The molecule has 0 saturated heterocycles. The molecule has 2 N–H and O–H groups in total. The largest absolute Gasteiger partial charge is 0.389 e. The normalized spacial score (nSPS) is 10.8. The van der Waals surface area contributed by atoms with E-state index in [1.54, 1.807) is 6.20 Å². The second kappa shape index (κ2) is 6.88. The molecule has 24 heavy (non-hydrogen) atoms. The number of nitrogens with two attached hydrogens (primary N) is 1. The third kappa shape index (κ3) is 3.65. The molecular formula is C18H15F2N3S. The Hall–Kier alpha value is -2.60. The summed E-state index contributed by atoms with van der Waals surface area (Å²) in [5.41, 5.74) is 7.87. The van der Waals surface area contributed by atoms with Gasteiger partial charge in [-0.25, -0.2) is 13.8 Å². The van der Waals surface area contributed by atoms with Gasteiger partial charge in [-0.2, -0.15) is 0 Å². The average molecular weight is 343 g/mol. The van der Waals surface area contributed by atoms with Crippen molar-refractivity contribution in [3.8, 4) is 0 Å². The summed E-state index contributed by atoms with van der Waals surface area (Å²) in [4.78, 5) is 4.62. The monoisotopic (exact) mass is 343 g/mol. The summed E-state index contributed by atoms with van der Waals surface area (Å²) in [6.07, 6.45) is 3.77. The molecule has 0 saturated carbocycles. The fourth-order valence-corrected chi connectivity index (χ4v) is 2.63. The van der Waals surface area contributed by atoms with Crippen LogP contribution in [0.1, 0.15) is 22.5 Å². The van der Waals surface area contributed by atoms with Gasteiger partial charge < -0.3 is 10.3 Å². The number of halogens is 2. The average Bonchev–Trinajstić information content (AvgIpc) is 2.97. The number of hydrogen-bond donors (Lipinski definition) is 1. The molecule has 1 heterocycles. The van der Waals surface area contributed by atoms with E-state index >= 15 is 0 Å². The van der Waals surface area contributed by atoms with E-state index in [1.807, 2.05) is 35.0 Å². The maximum absolute atomic E-state index is 13.8. The van der Waals surface area contributed by atoms with Crippen molar-refractivity contribution in [3.63, 3.8) is 0 Å². The highest BCUT2D eigenvalue weighted by Crippen LogP contribution is 2.15. The molecule has 2 aromatic carbocycles. The van der Waals surface area contributed by atoms with Crippen LogP contribution in [0, 0.1) is 11.6 Å².